The van der Waals surface area contributed by atoms with Crippen molar-refractivity contribution in [1.29, 1.82) is 0 Å². The average Bonchev–Trinajstić information content (AvgIpc) is 1.35. The van der Waals surface area contributed by atoms with E-state index in [4.69, 9.17) is 9.79 Å². The van der Waals surface area contributed by atoms with Crippen LogP contribution in [0.5, 0.6) is 0 Å². The molecule has 7 heteroatoms. The zero-order valence-corrected chi connectivity index (χ0v) is 4.13. The molecule has 0 aliphatic carbocycles. The monoisotopic (exact) mass is 126 g/mol. The topological polar surface area (TPSA) is 98.3 Å². The Morgan fingerprint density at radius 1 is 1.57 bits per heavy atom. The predicted octanol–water partition coefficient (Wildman–Crippen LogP) is -1.65. The summed E-state index contributed by atoms with van der Waals surface area (Å²) < 4.78 is 12.5. The molecule has 5 nitrogen and oxygen atoms in total. The Morgan fingerprint density at radius 2 is 1.71 bits per heavy atom. The minimum Gasteiger partial charge on any atom is -0.412 e. The fourth-order valence-corrected chi connectivity index (χ4v) is 0. The maximum atomic E-state index is 9.35. The van der Waals surface area contributed by atoms with Gasteiger partial charge < -0.3 is 19.7 Å². The predicted molar refractivity (Wildman–Crippen MR) is 22.5 cm³/mol. The summed E-state index contributed by atoms with van der Waals surface area (Å²) in [5.41, 5.74) is 0. The molecule has 0 amide bonds. The van der Waals surface area contributed by atoms with Crippen molar-refractivity contribution < 1.29 is 24.3 Å². The van der Waals surface area contributed by atoms with E-state index in [0.717, 1.165) is 0 Å². The Morgan fingerprint density at radius 3 is 1.71 bits per heavy atom. The van der Waals surface area contributed by atoms with Gasteiger partial charge in [0.1, 0.15) is 0 Å². The number of hydrogen-bond donors (Lipinski definition) is 2. The van der Waals surface area contributed by atoms with Crippen LogP contribution < -0.4 is 0 Å². The first-order valence-corrected chi connectivity index (χ1v) is 2.53. The van der Waals surface area contributed by atoms with Crippen molar-refractivity contribution in [2.45, 2.75) is 0 Å². The molecule has 7 heavy (non-hydrogen) atoms. The van der Waals surface area contributed by atoms with Crippen LogP contribution in [0.25, 0.3) is 0 Å². The summed E-state index contributed by atoms with van der Waals surface area (Å²) in [6.45, 7) is 0. The molecule has 0 rings (SSSR count). The van der Waals surface area contributed by atoms with Crippen LogP contribution >= 0.6 is 7.82 Å². The molecule has 42 valence electrons. The largest absolute Gasteiger partial charge is 0.454 e. The zero-order chi connectivity index (χ0) is 5.21. The summed E-state index contributed by atoms with van der Waals surface area (Å²) in [7, 11) is -0.326. The van der Waals surface area contributed by atoms with E-state index in [1.54, 1.807) is 0 Å². The fourth-order valence-electron chi connectivity index (χ4n) is 0. The van der Waals surface area contributed by atoms with Gasteiger partial charge in [0.15, 0.2) is 0 Å². The van der Waals surface area contributed by atoms with Crippen molar-refractivity contribution in [2.75, 3.05) is 0 Å². The lowest BCUT2D eigenvalue weighted by Crippen LogP contribution is -1.78. The molecule has 2 radical (unpaired) electrons. The van der Waals surface area contributed by atoms with Gasteiger partial charge in [0, 0.05) is 0 Å². The van der Waals surface area contributed by atoms with Gasteiger partial charge in [-0.2, -0.15) is 0 Å². The molecule has 0 spiro atoms. The van der Waals surface area contributed by atoms with Gasteiger partial charge in [-0.05, 0) is 0 Å². The van der Waals surface area contributed by atoms with E-state index in [9.17, 15) is 4.57 Å². The first-order chi connectivity index (χ1) is 2.56. The van der Waals surface area contributed by atoms with Gasteiger partial charge in [-0.1, -0.05) is 0 Å². The number of hydrogen-bond acceptors (Lipinski definition) is 2. The molecule has 0 aliphatic heterocycles. The minimum atomic E-state index is -4.37. The van der Waals surface area contributed by atoms with Crippen LogP contribution in [0.4, 0.5) is 0 Å². The van der Waals surface area contributed by atoms with Crippen LogP contribution in [-0.4, -0.2) is 23.3 Å². The molecular weight excluding hydrogens is 122 g/mol. The summed E-state index contributed by atoms with van der Waals surface area (Å²) >= 11 is 0. The van der Waals surface area contributed by atoms with Gasteiger partial charge in [-0.25, -0.2) is 4.57 Å². The average molecular weight is 126 g/mol. The van der Waals surface area contributed by atoms with Crippen molar-refractivity contribution in [3.05, 3.63) is 0 Å². The van der Waals surface area contributed by atoms with Crippen molar-refractivity contribution >= 4 is 15.9 Å². The highest BCUT2D eigenvalue weighted by Crippen LogP contribution is 2.33. The lowest BCUT2D eigenvalue weighted by molar-refractivity contribution is 0.292. The number of rotatable bonds is 1. The molecule has 0 aliphatic rings. The van der Waals surface area contributed by atoms with Gasteiger partial charge in [0.2, 0.25) is 0 Å². The van der Waals surface area contributed by atoms with Crippen LogP contribution in [-0.2, 0) is 9.01 Å². The van der Waals surface area contributed by atoms with E-state index >= 15 is 0 Å². The normalized spacial score (nSPS) is 10.0. The molecular formula is H4BO5P. The molecule has 0 saturated carbocycles. The third-order valence-electron chi connectivity index (χ3n) is 0.137. The molecule has 0 atom stereocenters. The van der Waals surface area contributed by atoms with E-state index in [1.165, 1.54) is 0 Å². The van der Waals surface area contributed by atoms with Crippen LogP contribution in [0.1, 0.15) is 0 Å². The van der Waals surface area contributed by atoms with Crippen molar-refractivity contribution in [3.63, 3.8) is 0 Å². The van der Waals surface area contributed by atoms with E-state index in [1.807, 2.05) is 0 Å². The zero-order valence-electron chi connectivity index (χ0n) is 3.24. The van der Waals surface area contributed by atoms with Crippen molar-refractivity contribution in [3.8, 4) is 0 Å². The van der Waals surface area contributed by atoms with Crippen molar-refractivity contribution in [1.82, 2.24) is 0 Å². The Balaban J connectivity index is 0. The first kappa shape index (κ1) is 10.2. The van der Waals surface area contributed by atoms with Crippen LogP contribution in [0, 0.1) is 0 Å². The lowest BCUT2D eigenvalue weighted by atomic mass is 10.6. The molecule has 0 saturated heterocycles. The Hall–Kier alpha value is 0.135. The van der Waals surface area contributed by atoms with Gasteiger partial charge in [-0.3, -0.25) is 0 Å². The maximum absolute atomic E-state index is 9.35. The highest BCUT2D eigenvalue weighted by atomic mass is 31.2. The summed E-state index contributed by atoms with van der Waals surface area (Å²) in [6.07, 6.45) is 0. The highest BCUT2D eigenvalue weighted by molar-refractivity contribution is 7.47. The molecule has 0 aromatic rings. The molecule has 0 aromatic carbocycles. The second-order valence-corrected chi connectivity index (χ2v) is 1.79. The van der Waals surface area contributed by atoms with Gasteiger partial charge in [-0.15, -0.1) is 0 Å². The molecule has 0 heterocycles. The second kappa shape index (κ2) is 3.18. The fraction of sp³-hybridized carbons (Fsp3) is 0. The summed E-state index contributed by atoms with van der Waals surface area (Å²) in [4.78, 5) is 15.2. The molecule has 0 fully saturated rings. The third kappa shape index (κ3) is 10.7. The van der Waals surface area contributed by atoms with E-state index < -0.39 is 7.82 Å². The number of phosphoric acid groups is 1. The van der Waals surface area contributed by atoms with Crippen LogP contribution in [0.3, 0.4) is 0 Å². The smallest absolute Gasteiger partial charge is 0.412 e. The summed E-state index contributed by atoms with van der Waals surface area (Å²) in [5, 5.41) is 0. The standard InChI is InChI=1S/BH2O4P.H2O/c1-5-6(2,3)4;/h(H2,2,3,4);1H2. The second-order valence-electron chi connectivity index (χ2n) is 0.596. The van der Waals surface area contributed by atoms with Crippen LogP contribution in [0.2, 0.25) is 0 Å². The molecule has 0 aromatic heterocycles. The highest BCUT2D eigenvalue weighted by Gasteiger charge is 2.06. The van der Waals surface area contributed by atoms with Crippen molar-refractivity contribution in [2.24, 2.45) is 0 Å². The molecule has 0 unspecified atom stereocenters. The Bertz CT molecular complexity index is 72.1. The van der Waals surface area contributed by atoms with Gasteiger partial charge in [0.25, 0.3) is 8.05 Å². The lowest BCUT2D eigenvalue weighted by Gasteiger charge is -1.94. The SMILES string of the molecule is O.[B]OP(=O)(O)O. The van der Waals surface area contributed by atoms with Crippen LogP contribution in [0.15, 0.2) is 0 Å². The van der Waals surface area contributed by atoms with E-state index in [0.29, 0.717) is 0 Å². The van der Waals surface area contributed by atoms with E-state index in [2.05, 4.69) is 12.5 Å². The maximum Gasteiger partial charge on any atom is 0.454 e. The minimum absolute atomic E-state index is 0. The van der Waals surface area contributed by atoms with E-state index in [-0.39, 0.29) is 5.48 Å². The molecule has 0 bridgehead atoms. The molecule has 4 N–H and O–H groups in total. The first-order valence-electron chi connectivity index (χ1n) is 1.00. The van der Waals surface area contributed by atoms with Gasteiger partial charge in [0.05, 0.1) is 0 Å². The Labute approximate surface area is 41.3 Å². The van der Waals surface area contributed by atoms with Gasteiger partial charge >= 0.3 is 7.82 Å². The summed E-state index contributed by atoms with van der Waals surface area (Å²) in [6, 6.07) is 0. The quantitative estimate of drug-likeness (QED) is 0.324. The Kier molecular flexibility index (Phi) is 4.62. The third-order valence-corrected chi connectivity index (χ3v) is 0.412. The summed E-state index contributed by atoms with van der Waals surface area (Å²) in [5.74, 6) is 0.